The summed E-state index contributed by atoms with van der Waals surface area (Å²) in [5.41, 5.74) is 0.375. The van der Waals surface area contributed by atoms with Crippen LogP contribution in [0.2, 0.25) is 0 Å². The molecule has 2 aromatic heterocycles. The molecule has 0 saturated heterocycles. The molecule has 0 spiro atoms. The third-order valence-electron chi connectivity index (χ3n) is 3.54. The zero-order valence-electron chi connectivity index (χ0n) is 17.2. The van der Waals surface area contributed by atoms with Crippen LogP contribution in [0.5, 0.6) is 0 Å². The van der Waals surface area contributed by atoms with E-state index >= 15 is 0 Å². The van der Waals surface area contributed by atoms with E-state index in [1.807, 2.05) is 52.9 Å². The van der Waals surface area contributed by atoms with E-state index in [2.05, 4.69) is 30.8 Å². The first kappa shape index (κ1) is 21.3. The number of hydrogen-bond acceptors (Lipinski definition) is 6. The number of likely N-dealkylation sites (N-methyl/N-ethyl adjacent to an activating group) is 1. The third-order valence-corrected chi connectivity index (χ3v) is 3.54. The van der Waals surface area contributed by atoms with Crippen molar-refractivity contribution in [2.45, 2.75) is 39.7 Å². The van der Waals surface area contributed by atoms with Gasteiger partial charge in [0.1, 0.15) is 5.69 Å². The molecule has 0 aliphatic carbocycles. The maximum Gasteiger partial charge on any atom is 0.276 e. The number of amides is 1. The quantitative estimate of drug-likeness (QED) is 0.547. The fraction of sp³-hybridized carbons (Fsp3) is 0.526. The van der Waals surface area contributed by atoms with Crippen LogP contribution >= 0.6 is 0 Å². The molecule has 2 aromatic rings. The number of carbonyl (C=O) groups is 1. The van der Waals surface area contributed by atoms with E-state index in [9.17, 15) is 4.79 Å². The minimum Gasteiger partial charge on any atom is -0.357 e. The maximum atomic E-state index is 12.1. The van der Waals surface area contributed by atoms with Gasteiger partial charge in [-0.3, -0.25) is 14.8 Å². The molecule has 2 heterocycles. The highest BCUT2D eigenvalue weighted by Gasteiger charge is 2.17. The number of guanidine groups is 1. The lowest BCUT2D eigenvalue weighted by molar-refractivity contribution is -0.122. The van der Waals surface area contributed by atoms with Gasteiger partial charge in [-0.2, -0.15) is 4.98 Å². The summed E-state index contributed by atoms with van der Waals surface area (Å²) in [6.07, 6.45) is 2.20. The summed E-state index contributed by atoms with van der Waals surface area (Å²) in [5, 5.41) is 10.1. The lowest BCUT2D eigenvalue weighted by atomic mass is 10.1. The van der Waals surface area contributed by atoms with Crippen molar-refractivity contribution in [1.29, 1.82) is 0 Å². The second-order valence-electron chi connectivity index (χ2n) is 7.37. The van der Waals surface area contributed by atoms with Crippen LogP contribution in [0, 0.1) is 0 Å². The highest BCUT2D eigenvalue weighted by atomic mass is 16.5. The lowest BCUT2D eigenvalue weighted by Crippen LogP contribution is -2.48. The molecule has 0 aliphatic rings. The van der Waals surface area contributed by atoms with Crippen molar-refractivity contribution < 1.29 is 9.32 Å². The number of pyridine rings is 1. The Morgan fingerprint density at radius 1 is 1.32 bits per heavy atom. The van der Waals surface area contributed by atoms with Gasteiger partial charge < -0.3 is 20.1 Å². The van der Waals surface area contributed by atoms with Gasteiger partial charge in [-0.05, 0) is 39.8 Å². The first-order valence-electron chi connectivity index (χ1n) is 9.33. The summed E-state index contributed by atoms with van der Waals surface area (Å²) in [6.45, 7) is 9.23. The summed E-state index contributed by atoms with van der Waals surface area (Å²) in [5.74, 6) is 1.55. The van der Waals surface area contributed by atoms with Gasteiger partial charge in [0, 0.05) is 38.3 Å². The molecule has 0 atom stereocenters. The minimum atomic E-state index is -0.267. The zero-order valence-corrected chi connectivity index (χ0v) is 17.2. The molecule has 0 fully saturated rings. The van der Waals surface area contributed by atoms with Crippen LogP contribution < -0.4 is 10.6 Å². The number of aromatic nitrogens is 3. The predicted octanol–water partition coefficient (Wildman–Crippen LogP) is 1.49. The van der Waals surface area contributed by atoms with Crippen molar-refractivity contribution in [3.05, 3.63) is 30.2 Å². The van der Waals surface area contributed by atoms with Gasteiger partial charge in [-0.15, -0.1) is 0 Å². The van der Waals surface area contributed by atoms with Gasteiger partial charge in [0.25, 0.3) is 5.89 Å². The molecule has 2 N–H and O–H groups in total. The van der Waals surface area contributed by atoms with E-state index in [0.29, 0.717) is 42.9 Å². The molecule has 0 unspecified atom stereocenters. The van der Waals surface area contributed by atoms with E-state index in [1.54, 1.807) is 11.1 Å². The normalized spacial score (nSPS) is 12.0. The average Bonchev–Trinajstić information content (AvgIpc) is 3.09. The maximum absolute atomic E-state index is 12.1. The van der Waals surface area contributed by atoms with Crippen LogP contribution in [0.1, 0.15) is 33.5 Å². The van der Waals surface area contributed by atoms with Crippen molar-refractivity contribution in [3.8, 4) is 11.6 Å². The Morgan fingerprint density at radius 3 is 2.75 bits per heavy atom. The van der Waals surface area contributed by atoms with Gasteiger partial charge >= 0.3 is 0 Å². The second-order valence-corrected chi connectivity index (χ2v) is 7.37. The number of nitrogens with zero attached hydrogens (tertiary/aromatic N) is 5. The number of nitrogens with one attached hydrogen (secondary N) is 2. The first-order valence-corrected chi connectivity index (χ1v) is 9.33. The van der Waals surface area contributed by atoms with Crippen LogP contribution in [-0.2, 0) is 11.2 Å². The fourth-order valence-corrected chi connectivity index (χ4v) is 2.43. The van der Waals surface area contributed by atoms with Gasteiger partial charge in [-0.1, -0.05) is 11.2 Å². The molecule has 28 heavy (non-hydrogen) atoms. The molecule has 1 amide bonds. The van der Waals surface area contributed by atoms with Gasteiger partial charge in [0.15, 0.2) is 11.8 Å². The van der Waals surface area contributed by atoms with E-state index < -0.39 is 0 Å². The summed E-state index contributed by atoms with van der Waals surface area (Å²) in [7, 11) is 1.83. The van der Waals surface area contributed by atoms with E-state index in [0.717, 1.165) is 0 Å². The fourth-order valence-electron chi connectivity index (χ4n) is 2.43. The molecular weight excluding hydrogens is 358 g/mol. The van der Waals surface area contributed by atoms with E-state index in [-0.39, 0.29) is 18.0 Å². The first-order chi connectivity index (χ1) is 13.3. The third kappa shape index (κ3) is 6.98. The molecule has 0 aliphatic heterocycles. The summed E-state index contributed by atoms with van der Waals surface area (Å²) in [6, 6.07) is 5.51. The minimum absolute atomic E-state index is 0.0567. The van der Waals surface area contributed by atoms with Gasteiger partial charge in [-0.25, -0.2) is 0 Å². The second kappa shape index (κ2) is 9.82. The summed E-state index contributed by atoms with van der Waals surface area (Å²) in [4.78, 5) is 27.0. The van der Waals surface area contributed by atoms with E-state index in [4.69, 9.17) is 4.52 Å². The largest absolute Gasteiger partial charge is 0.357 e. The monoisotopic (exact) mass is 387 g/mol. The summed E-state index contributed by atoms with van der Waals surface area (Å²) < 4.78 is 5.25. The zero-order chi connectivity index (χ0) is 20.6. The van der Waals surface area contributed by atoms with Crippen LogP contribution in [-0.4, -0.2) is 64.1 Å². The molecular formula is C19H29N7O2. The number of aliphatic imine (C=N–C) groups is 1. The van der Waals surface area contributed by atoms with Crippen molar-refractivity contribution in [2.75, 3.05) is 26.7 Å². The molecule has 0 aromatic carbocycles. The Kier molecular flexibility index (Phi) is 7.48. The molecule has 9 nitrogen and oxygen atoms in total. The van der Waals surface area contributed by atoms with Gasteiger partial charge in [0.2, 0.25) is 5.91 Å². The Hall–Kier alpha value is -2.97. The molecule has 152 valence electrons. The standard InChI is InChI=1S/C19H29N7O2/c1-6-20-18(26(5)13-16(27)24-19(2,3)4)22-12-10-15-23-17(28-25-15)14-9-7-8-11-21-14/h7-9,11H,6,10,12-13H2,1-5H3,(H,20,22)(H,24,27). The van der Waals surface area contributed by atoms with Crippen molar-refractivity contribution in [2.24, 2.45) is 4.99 Å². The predicted molar refractivity (Wildman–Crippen MR) is 108 cm³/mol. The smallest absolute Gasteiger partial charge is 0.276 e. The molecule has 0 bridgehead atoms. The number of hydrogen-bond donors (Lipinski definition) is 2. The van der Waals surface area contributed by atoms with Crippen molar-refractivity contribution in [3.63, 3.8) is 0 Å². The Bertz CT molecular complexity index is 781. The topological polar surface area (TPSA) is 109 Å². The molecule has 0 saturated carbocycles. The summed E-state index contributed by atoms with van der Waals surface area (Å²) >= 11 is 0. The SMILES string of the molecule is CCNC(=NCCc1noc(-c2ccccn2)n1)N(C)CC(=O)NC(C)(C)C. The lowest BCUT2D eigenvalue weighted by Gasteiger charge is -2.25. The molecule has 2 rings (SSSR count). The average molecular weight is 387 g/mol. The van der Waals surface area contributed by atoms with Crippen LogP contribution in [0.25, 0.3) is 11.6 Å². The van der Waals surface area contributed by atoms with Crippen molar-refractivity contribution >= 4 is 11.9 Å². The highest BCUT2D eigenvalue weighted by Crippen LogP contribution is 2.13. The molecule has 9 heteroatoms. The number of carbonyl (C=O) groups excluding carboxylic acids is 1. The Balaban J connectivity index is 1.93. The van der Waals surface area contributed by atoms with Crippen LogP contribution in [0.4, 0.5) is 0 Å². The van der Waals surface area contributed by atoms with Crippen LogP contribution in [0.15, 0.2) is 33.9 Å². The highest BCUT2D eigenvalue weighted by molar-refractivity contribution is 5.86. The van der Waals surface area contributed by atoms with Gasteiger partial charge in [0.05, 0.1) is 6.54 Å². The van der Waals surface area contributed by atoms with Crippen molar-refractivity contribution in [1.82, 2.24) is 30.7 Å². The van der Waals surface area contributed by atoms with E-state index in [1.165, 1.54) is 0 Å². The number of rotatable bonds is 7. The Labute approximate surface area is 165 Å². The Morgan fingerprint density at radius 2 is 2.11 bits per heavy atom. The van der Waals surface area contributed by atoms with Crippen LogP contribution in [0.3, 0.4) is 0 Å². The molecule has 0 radical (unpaired) electrons.